The second-order valence-electron chi connectivity index (χ2n) is 5.43. The van der Waals surface area contributed by atoms with Gasteiger partial charge in [-0.2, -0.15) is 0 Å². The van der Waals surface area contributed by atoms with Crippen molar-refractivity contribution in [1.82, 2.24) is 5.32 Å². The van der Waals surface area contributed by atoms with Crippen LogP contribution in [0.5, 0.6) is 0 Å². The van der Waals surface area contributed by atoms with E-state index in [0.717, 1.165) is 38.2 Å². The summed E-state index contributed by atoms with van der Waals surface area (Å²) in [6, 6.07) is 5.83. The molecule has 0 radical (unpaired) electrons. The van der Waals surface area contributed by atoms with Crippen molar-refractivity contribution >= 4 is 34.0 Å². The molecule has 0 bridgehead atoms. The van der Waals surface area contributed by atoms with E-state index in [0.29, 0.717) is 11.6 Å². The zero-order valence-electron chi connectivity index (χ0n) is 11.9. The number of benzene rings is 1. The average Bonchev–Trinajstić information content (AvgIpc) is 2.89. The fourth-order valence-corrected chi connectivity index (χ4v) is 3.58. The Labute approximate surface area is 131 Å². The molecule has 0 amide bonds. The standard InChI is InChI=1S/C14H19N3O2S.ClH/c1-20(18,19)17-11-5-6-12-10(9-11)3-2-4-13(12)14-15-7-8-16-14;/h5-6,9,13,17H,2-4,7-8H2,1H3,(H,15,16);1H. The molecule has 3 rings (SSSR count). The quantitative estimate of drug-likeness (QED) is 0.889. The van der Waals surface area contributed by atoms with Gasteiger partial charge >= 0.3 is 0 Å². The highest BCUT2D eigenvalue weighted by Gasteiger charge is 2.26. The third-order valence-electron chi connectivity index (χ3n) is 3.79. The number of rotatable bonds is 3. The Bertz CT molecular complexity index is 658. The van der Waals surface area contributed by atoms with Gasteiger partial charge in [-0.1, -0.05) is 6.07 Å². The van der Waals surface area contributed by atoms with Gasteiger partial charge in [-0.25, -0.2) is 8.42 Å². The first-order chi connectivity index (χ1) is 9.53. The van der Waals surface area contributed by atoms with Gasteiger partial charge in [0, 0.05) is 18.2 Å². The molecule has 2 N–H and O–H groups in total. The largest absolute Gasteiger partial charge is 0.371 e. The lowest BCUT2D eigenvalue weighted by molar-refractivity contribution is 0.606. The number of amidine groups is 1. The van der Waals surface area contributed by atoms with E-state index in [1.54, 1.807) is 0 Å². The fourth-order valence-electron chi connectivity index (χ4n) is 3.03. The molecule has 1 aliphatic heterocycles. The van der Waals surface area contributed by atoms with Gasteiger partial charge in [0.05, 0.1) is 12.8 Å². The summed E-state index contributed by atoms with van der Waals surface area (Å²) in [5.74, 6) is 1.43. The molecule has 21 heavy (non-hydrogen) atoms. The first kappa shape index (κ1) is 16.1. The van der Waals surface area contributed by atoms with Crippen LogP contribution in [0.15, 0.2) is 23.2 Å². The SMILES string of the molecule is CS(=O)(=O)Nc1ccc2c(c1)CCCC2C1=NCCN1.Cl. The van der Waals surface area contributed by atoms with Gasteiger partial charge in [-0.05, 0) is 42.5 Å². The number of nitrogens with zero attached hydrogens (tertiary/aromatic N) is 1. The molecule has 0 fully saturated rings. The lowest BCUT2D eigenvalue weighted by Crippen LogP contribution is -2.28. The molecule has 5 nitrogen and oxygen atoms in total. The van der Waals surface area contributed by atoms with E-state index in [1.165, 1.54) is 17.4 Å². The predicted octanol–water partition coefficient (Wildman–Crippen LogP) is 1.90. The second-order valence-corrected chi connectivity index (χ2v) is 7.17. The summed E-state index contributed by atoms with van der Waals surface area (Å²) in [7, 11) is -3.22. The van der Waals surface area contributed by atoms with Crippen LogP contribution in [0.3, 0.4) is 0 Å². The Morgan fingerprint density at radius 3 is 2.86 bits per heavy atom. The van der Waals surface area contributed by atoms with Crippen molar-refractivity contribution in [2.24, 2.45) is 4.99 Å². The van der Waals surface area contributed by atoms with Crippen LogP contribution in [0.25, 0.3) is 0 Å². The highest BCUT2D eigenvalue weighted by atomic mass is 35.5. The Hall–Kier alpha value is -1.27. The van der Waals surface area contributed by atoms with Crippen LogP contribution in [0.2, 0.25) is 0 Å². The number of halogens is 1. The molecule has 0 saturated heterocycles. The van der Waals surface area contributed by atoms with Gasteiger partial charge in [0.15, 0.2) is 0 Å². The monoisotopic (exact) mass is 329 g/mol. The Morgan fingerprint density at radius 2 is 2.19 bits per heavy atom. The van der Waals surface area contributed by atoms with Gasteiger partial charge in [0.25, 0.3) is 0 Å². The molecular weight excluding hydrogens is 310 g/mol. The first-order valence-electron chi connectivity index (χ1n) is 6.92. The maximum absolute atomic E-state index is 11.3. The van der Waals surface area contributed by atoms with Crippen molar-refractivity contribution in [3.8, 4) is 0 Å². The molecule has 1 aliphatic carbocycles. The van der Waals surface area contributed by atoms with E-state index in [-0.39, 0.29) is 12.4 Å². The van der Waals surface area contributed by atoms with Crippen LogP contribution in [-0.4, -0.2) is 33.6 Å². The van der Waals surface area contributed by atoms with Crippen molar-refractivity contribution < 1.29 is 8.42 Å². The molecule has 0 aromatic heterocycles. The number of aliphatic imine (C=N–C) groups is 1. The van der Waals surface area contributed by atoms with E-state index in [2.05, 4.69) is 15.0 Å². The Balaban J connectivity index is 0.00000161. The van der Waals surface area contributed by atoms with E-state index >= 15 is 0 Å². The molecule has 1 atom stereocenters. The van der Waals surface area contributed by atoms with Crippen LogP contribution in [0.1, 0.15) is 29.9 Å². The molecular formula is C14H20ClN3O2S. The van der Waals surface area contributed by atoms with Gasteiger partial charge in [-0.15, -0.1) is 12.4 Å². The predicted molar refractivity (Wildman–Crippen MR) is 88.1 cm³/mol. The molecule has 1 unspecified atom stereocenters. The van der Waals surface area contributed by atoms with Crippen molar-refractivity contribution in [3.05, 3.63) is 29.3 Å². The normalized spacial score (nSPS) is 20.8. The van der Waals surface area contributed by atoms with Crippen LogP contribution in [-0.2, 0) is 16.4 Å². The zero-order chi connectivity index (χ0) is 14.2. The molecule has 0 spiro atoms. The van der Waals surface area contributed by atoms with E-state index in [1.807, 2.05) is 18.2 Å². The third kappa shape index (κ3) is 3.68. The number of hydrogen-bond acceptors (Lipinski definition) is 4. The lowest BCUT2D eigenvalue weighted by Gasteiger charge is -2.26. The van der Waals surface area contributed by atoms with Crippen molar-refractivity contribution in [2.45, 2.75) is 25.2 Å². The van der Waals surface area contributed by atoms with Crippen LogP contribution in [0.4, 0.5) is 5.69 Å². The maximum atomic E-state index is 11.3. The smallest absolute Gasteiger partial charge is 0.229 e. The average molecular weight is 330 g/mol. The highest BCUT2D eigenvalue weighted by Crippen LogP contribution is 2.34. The van der Waals surface area contributed by atoms with Crippen molar-refractivity contribution in [1.29, 1.82) is 0 Å². The third-order valence-corrected chi connectivity index (χ3v) is 4.40. The summed E-state index contributed by atoms with van der Waals surface area (Å²) >= 11 is 0. The number of anilines is 1. The minimum atomic E-state index is -3.22. The summed E-state index contributed by atoms with van der Waals surface area (Å²) < 4.78 is 25.1. The number of fused-ring (bicyclic) bond motifs is 1. The molecule has 1 heterocycles. The number of hydrogen-bond donors (Lipinski definition) is 2. The van der Waals surface area contributed by atoms with E-state index in [4.69, 9.17) is 0 Å². The maximum Gasteiger partial charge on any atom is 0.229 e. The van der Waals surface area contributed by atoms with Crippen molar-refractivity contribution in [2.75, 3.05) is 24.1 Å². The Kier molecular flexibility index (Phi) is 4.78. The number of aryl methyl sites for hydroxylation is 1. The summed E-state index contributed by atoms with van der Waals surface area (Å²) in [6.45, 7) is 1.78. The summed E-state index contributed by atoms with van der Waals surface area (Å²) in [6.07, 6.45) is 4.39. The minimum Gasteiger partial charge on any atom is -0.371 e. The Morgan fingerprint density at radius 1 is 1.38 bits per heavy atom. The summed E-state index contributed by atoms with van der Waals surface area (Å²) in [5.41, 5.74) is 3.16. The van der Waals surface area contributed by atoms with Gasteiger partial charge in [0.2, 0.25) is 10.0 Å². The van der Waals surface area contributed by atoms with Crippen LogP contribution in [0, 0.1) is 0 Å². The van der Waals surface area contributed by atoms with Gasteiger partial charge in [0.1, 0.15) is 5.84 Å². The molecule has 7 heteroatoms. The second kappa shape index (κ2) is 6.23. The van der Waals surface area contributed by atoms with E-state index < -0.39 is 10.0 Å². The summed E-state index contributed by atoms with van der Waals surface area (Å²) in [4.78, 5) is 4.53. The first-order valence-corrected chi connectivity index (χ1v) is 8.81. The highest BCUT2D eigenvalue weighted by molar-refractivity contribution is 7.92. The van der Waals surface area contributed by atoms with Gasteiger partial charge in [-0.3, -0.25) is 9.71 Å². The minimum absolute atomic E-state index is 0. The topological polar surface area (TPSA) is 70.6 Å². The number of sulfonamides is 1. The lowest BCUT2D eigenvalue weighted by atomic mass is 9.82. The van der Waals surface area contributed by atoms with Crippen LogP contribution < -0.4 is 10.0 Å². The van der Waals surface area contributed by atoms with Crippen molar-refractivity contribution in [3.63, 3.8) is 0 Å². The molecule has 0 saturated carbocycles. The molecule has 2 aliphatic rings. The molecule has 1 aromatic carbocycles. The molecule has 116 valence electrons. The summed E-state index contributed by atoms with van der Waals surface area (Å²) in [5, 5.41) is 3.36. The van der Waals surface area contributed by atoms with Crippen LogP contribution >= 0.6 is 12.4 Å². The zero-order valence-corrected chi connectivity index (χ0v) is 13.6. The molecule has 1 aromatic rings. The van der Waals surface area contributed by atoms with E-state index in [9.17, 15) is 8.42 Å². The van der Waals surface area contributed by atoms with Gasteiger partial charge < -0.3 is 5.32 Å². The fraction of sp³-hybridized carbons (Fsp3) is 0.500. The number of nitrogens with one attached hydrogen (secondary N) is 2.